The molecule has 2 nitrogen and oxygen atoms in total. The summed E-state index contributed by atoms with van der Waals surface area (Å²) < 4.78 is 5.32. The van der Waals surface area contributed by atoms with Crippen molar-refractivity contribution in [3.05, 3.63) is 29.3 Å². The van der Waals surface area contributed by atoms with Crippen molar-refractivity contribution in [2.24, 2.45) is 0 Å². The predicted octanol–water partition coefficient (Wildman–Crippen LogP) is 3.35. The summed E-state index contributed by atoms with van der Waals surface area (Å²) in [7, 11) is 0. The molecule has 88 valence electrons. The van der Waals surface area contributed by atoms with E-state index < -0.39 is 0 Å². The number of aryl methyl sites for hydroxylation is 1. The third kappa shape index (κ3) is 3.89. The van der Waals surface area contributed by atoms with Gasteiger partial charge < -0.3 is 4.74 Å². The standard InChI is InChI=1S/C13H18O2S/c1-4-16-9-8-13(14)15-12-7-5-6-10(2)11(12)3/h5-7H,4,8-9H2,1-3H3. The predicted molar refractivity (Wildman–Crippen MR) is 69.2 cm³/mol. The molecule has 0 saturated heterocycles. The van der Waals surface area contributed by atoms with Crippen LogP contribution in [0.25, 0.3) is 0 Å². The van der Waals surface area contributed by atoms with Gasteiger partial charge in [0.1, 0.15) is 5.75 Å². The number of carbonyl (C=O) groups excluding carboxylic acids is 1. The van der Waals surface area contributed by atoms with Crippen LogP contribution in [0.4, 0.5) is 0 Å². The molecule has 0 aliphatic heterocycles. The molecule has 0 amide bonds. The fourth-order valence-corrected chi connectivity index (χ4v) is 1.91. The molecule has 0 heterocycles. The Hall–Kier alpha value is -0.960. The highest BCUT2D eigenvalue weighted by Crippen LogP contribution is 2.21. The minimum atomic E-state index is -0.144. The van der Waals surface area contributed by atoms with E-state index in [9.17, 15) is 4.79 Å². The Morgan fingerprint density at radius 3 is 2.81 bits per heavy atom. The number of benzene rings is 1. The van der Waals surface area contributed by atoms with Gasteiger partial charge in [0.05, 0.1) is 6.42 Å². The molecule has 0 unspecified atom stereocenters. The molecule has 0 N–H and O–H groups in total. The topological polar surface area (TPSA) is 26.3 Å². The molecule has 0 radical (unpaired) electrons. The molecule has 3 heteroatoms. The van der Waals surface area contributed by atoms with Gasteiger partial charge in [-0.2, -0.15) is 11.8 Å². The molecular formula is C13H18O2S. The van der Waals surface area contributed by atoms with Gasteiger partial charge in [0.15, 0.2) is 0 Å². The summed E-state index contributed by atoms with van der Waals surface area (Å²) in [6.45, 7) is 6.07. The van der Waals surface area contributed by atoms with Gasteiger partial charge in [-0.05, 0) is 36.8 Å². The van der Waals surface area contributed by atoms with Crippen LogP contribution in [0.5, 0.6) is 5.75 Å². The van der Waals surface area contributed by atoms with E-state index in [0.29, 0.717) is 12.2 Å². The summed E-state index contributed by atoms with van der Waals surface area (Å²) in [4.78, 5) is 11.5. The summed E-state index contributed by atoms with van der Waals surface area (Å²) >= 11 is 1.75. The van der Waals surface area contributed by atoms with Gasteiger partial charge >= 0.3 is 5.97 Å². The largest absolute Gasteiger partial charge is 0.426 e. The molecule has 0 bridgehead atoms. The fourth-order valence-electron chi connectivity index (χ4n) is 1.31. The zero-order valence-electron chi connectivity index (χ0n) is 10.1. The fraction of sp³-hybridized carbons (Fsp3) is 0.462. The van der Waals surface area contributed by atoms with Crippen LogP contribution in [0, 0.1) is 13.8 Å². The number of thioether (sulfide) groups is 1. The lowest BCUT2D eigenvalue weighted by Gasteiger charge is -2.08. The van der Waals surface area contributed by atoms with Gasteiger partial charge in [0, 0.05) is 5.75 Å². The number of hydrogen-bond donors (Lipinski definition) is 0. The van der Waals surface area contributed by atoms with E-state index in [1.807, 2.05) is 32.0 Å². The molecule has 16 heavy (non-hydrogen) atoms. The van der Waals surface area contributed by atoms with E-state index in [2.05, 4.69) is 6.92 Å². The molecular weight excluding hydrogens is 220 g/mol. The maximum absolute atomic E-state index is 11.5. The summed E-state index contributed by atoms with van der Waals surface area (Å²) in [6.07, 6.45) is 0.478. The van der Waals surface area contributed by atoms with Crippen molar-refractivity contribution in [1.82, 2.24) is 0 Å². The normalized spacial score (nSPS) is 10.2. The van der Waals surface area contributed by atoms with Gasteiger partial charge in [-0.3, -0.25) is 4.79 Å². The van der Waals surface area contributed by atoms with E-state index in [1.165, 1.54) is 0 Å². The lowest BCUT2D eigenvalue weighted by molar-refractivity contribution is -0.133. The molecule has 0 atom stereocenters. The van der Waals surface area contributed by atoms with Gasteiger partial charge in [0.2, 0.25) is 0 Å². The average Bonchev–Trinajstić information content (AvgIpc) is 2.25. The number of rotatable bonds is 5. The van der Waals surface area contributed by atoms with Gasteiger partial charge in [-0.15, -0.1) is 0 Å². The van der Waals surface area contributed by atoms with Crippen molar-refractivity contribution in [3.8, 4) is 5.75 Å². The maximum Gasteiger partial charge on any atom is 0.312 e. The van der Waals surface area contributed by atoms with Crippen molar-refractivity contribution in [1.29, 1.82) is 0 Å². The minimum absolute atomic E-state index is 0.144. The summed E-state index contributed by atoms with van der Waals surface area (Å²) in [5.41, 5.74) is 2.19. The van der Waals surface area contributed by atoms with Crippen molar-refractivity contribution in [2.75, 3.05) is 11.5 Å². The Bertz CT molecular complexity index is 361. The summed E-state index contributed by atoms with van der Waals surface area (Å²) in [5, 5.41) is 0. The first kappa shape index (κ1) is 13.1. The highest BCUT2D eigenvalue weighted by atomic mass is 32.2. The molecule has 0 aromatic heterocycles. The second-order valence-electron chi connectivity index (χ2n) is 3.62. The monoisotopic (exact) mass is 238 g/mol. The second kappa shape index (κ2) is 6.59. The SMILES string of the molecule is CCSCCC(=O)Oc1cccc(C)c1C. The first-order chi connectivity index (χ1) is 7.65. The minimum Gasteiger partial charge on any atom is -0.426 e. The van der Waals surface area contributed by atoms with E-state index in [1.54, 1.807) is 11.8 Å². The molecule has 1 aromatic rings. The maximum atomic E-state index is 11.5. The zero-order chi connectivity index (χ0) is 12.0. The second-order valence-corrected chi connectivity index (χ2v) is 5.01. The molecule has 0 saturated carbocycles. The van der Waals surface area contributed by atoms with Crippen LogP contribution < -0.4 is 4.74 Å². The molecule has 0 spiro atoms. The van der Waals surface area contributed by atoms with Crippen molar-refractivity contribution in [2.45, 2.75) is 27.2 Å². The number of esters is 1. The van der Waals surface area contributed by atoms with Crippen LogP contribution >= 0.6 is 11.8 Å². The number of carbonyl (C=O) groups is 1. The molecule has 1 rings (SSSR count). The van der Waals surface area contributed by atoms with Crippen LogP contribution in [-0.4, -0.2) is 17.5 Å². The lowest BCUT2D eigenvalue weighted by Crippen LogP contribution is -2.10. The lowest BCUT2D eigenvalue weighted by atomic mass is 10.1. The van der Waals surface area contributed by atoms with Gasteiger partial charge in [0.25, 0.3) is 0 Å². The highest BCUT2D eigenvalue weighted by molar-refractivity contribution is 7.99. The molecule has 0 aliphatic carbocycles. The Morgan fingerprint density at radius 1 is 1.38 bits per heavy atom. The molecule has 0 fully saturated rings. The van der Waals surface area contributed by atoms with Crippen LogP contribution in [-0.2, 0) is 4.79 Å². The van der Waals surface area contributed by atoms with Crippen molar-refractivity contribution < 1.29 is 9.53 Å². The molecule has 0 aliphatic rings. The van der Waals surface area contributed by atoms with Crippen LogP contribution in [0.2, 0.25) is 0 Å². The third-order valence-electron chi connectivity index (χ3n) is 2.43. The Morgan fingerprint density at radius 2 is 2.12 bits per heavy atom. The number of hydrogen-bond acceptors (Lipinski definition) is 3. The van der Waals surface area contributed by atoms with E-state index in [-0.39, 0.29) is 5.97 Å². The Balaban J connectivity index is 2.53. The van der Waals surface area contributed by atoms with E-state index in [0.717, 1.165) is 22.6 Å². The first-order valence-electron chi connectivity index (χ1n) is 5.49. The quantitative estimate of drug-likeness (QED) is 0.447. The van der Waals surface area contributed by atoms with Gasteiger partial charge in [-0.25, -0.2) is 0 Å². The van der Waals surface area contributed by atoms with E-state index in [4.69, 9.17) is 4.74 Å². The Kier molecular flexibility index (Phi) is 5.39. The van der Waals surface area contributed by atoms with E-state index >= 15 is 0 Å². The van der Waals surface area contributed by atoms with Crippen molar-refractivity contribution in [3.63, 3.8) is 0 Å². The first-order valence-corrected chi connectivity index (χ1v) is 6.65. The smallest absolute Gasteiger partial charge is 0.312 e. The average molecular weight is 238 g/mol. The van der Waals surface area contributed by atoms with Crippen LogP contribution in [0.15, 0.2) is 18.2 Å². The molecule has 1 aromatic carbocycles. The third-order valence-corrected chi connectivity index (χ3v) is 3.33. The van der Waals surface area contributed by atoms with Crippen molar-refractivity contribution >= 4 is 17.7 Å². The highest BCUT2D eigenvalue weighted by Gasteiger charge is 2.07. The van der Waals surface area contributed by atoms with Crippen LogP contribution in [0.3, 0.4) is 0 Å². The zero-order valence-corrected chi connectivity index (χ0v) is 10.9. The van der Waals surface area contributed by atoms with Crippen LogP contribution in [0.1, 0.15) is 24.5 Å². The summed E-state index contributed by atoms with van der Waals surface area (Å²) in [6, 6.07) is 5.76. The Labute approximate surface area is 101 Å². The number of ether oxygens (including phenoxy) is 1. The van der Waals surface area contributed by atoms with Gasteiger partial charge in [-0.1, -0.05) is 19.1 Å². The summed E-state index contributed by atoms with van der Waals surface area (Å²) in [5.74, 6) is 2.41.